The van der Waals surface area contributed by atoms with Gasteiger partial charge in [-0.3, -0.25) is 14.6 Å². The standard InChI is InChI=1S/C24H16F6N2O2/c25-23(26,27)16-8-5-14(6-9-16)20(21-18(24(28,29)30)2-1-11-31-21)32-22(34)15-4-3-13-7-10-19(33)17(13)12-15/h1-6,8-9,11-12,20H,7,10H2,(H,32,34). The molecule has 0 fully saturated rings. The number of carbonyl (C=O) groups excluding carboxylic acids is 2. The molecule has 1 atom stereocenters. The number of hydrogen-bond donors (Lipinski definition) is 1. The van der Waals surface area contributed by atoms with Gasteiger partial charge >= 0.3 is 12.4 Å². The normalized spacial score (nSPS) is 14.6. The van der Waals surface area contributed by atoms with Crippen molar-refractivity contribution in [2.45, 2.75) is 31.2 Å². The Morgan fingerprint density at radius 3 is 2.26 bits per heavy atom. The molecule has 1 unspecified atom stereocenters. The van der Waals surface area contributed by atoms with Crippen molar-refractivity contribution in [2.24, 2.45) is 0 Å². The Labute approximate surface area is 189 Å². The Bertz CT molecular complexity index is 1250. The first kappa shape index (κ1) is 23.5. The molecular weight excluding hydrogens is 462 g/mol. The number of fused-ring (bicyclic) bond motifs is 1. The van der Waals surface area contributed by atoms with E-state index in [0.717, 1.165) is 48.2 Å². The van der Waals surface area contributed by atoms with Gasteiger partial charge in [-0.15, -0.1) is 0 Å². The van der Waals surface area contributed by atoms with E-state index in [1.807, 2.05) is 0 Å². The summed E-state index contributed by atoms with van der Waals surface area (Å²) in [5.41, 5.74) is -1.55. The first-order valence-corrected chi connectivity index (χ1v) is 10.1. The monoisotopic (exact) mass is 478 g/mol. The van der Waals surface area contributed by atoms with Crippen molar-refractivity contribution in [3.63, 3.8) is 0 Å². The number of aryl methyl sites for hydroxylation is 1. The molecule has 176 valence electrons. The summed E-state index contributed by atoms with van der Waals surface area (Å²) >= 11 is 0. The number of benzene rings is 2. The Balaban J connectivity index is 1.76. The van der Waals surface area contributed by atoms with Crippen molar-refractivity contribution in [3.05, 3.63) is 99.9 Å². The summed E-state index contributed by atoms with van der Waals surface area (Å²) in [6.07, 6.45) is -7.53. The van der Waals surface area contributed by atoms with E-state index in [0.29, 0.717) is 18.4 Å². The van der Waals surface area contributed by atoms with Crippen molar-refractivity contribution >= 4 is 11.7 Å². The number of ketones is 1. The SMILES string of the molecule is O=C(NC(c1ccc(C(F)(F)F)cc1)c1ncccc1C(F)(F)F)c1ccc2c(c1)C(=O)CC2. The minimum atomic E-state index is -4.82. The third-order valence-electron chi connectivity index (χ3n) is 5.56. The van der Waals surface area contributed by atoms with Gasteiger partial charge in [0, 0.05) is 23.7 Å². The zero-order valence-electron chi connectivity index (χ0n) is 17.3. The zero-order chi connectivity index (χ0) is 24.7. The molecule has 0 saturated heterocycles. The fraction of sp³-hybridized carbons (Fsp3) is 0.208. The lowest BCUT2D eigenvalue weighted by molar-refractivity contribution is -0.139. The van der Waals surface area contributed by atoms with E-state index in [9.17, 15) is 35.9 Å². The van der Waals surface area contributed by atoms with Gasteiger partial charge < -0.3 is 5.32 Å². The van der Waals surface area contributed by atoms with Crippen molar-refractivity contribution in [1.82, 2.24) is 10.3 Å². The topological polar surface area (TPSA) is 59.1 Å². The van der Waals surface area contributed by atoms with Gasteiger partial charge in [-0.25, -0.2) is 0 Å². The quantitative estimate of drug-likeness (QED) is 0.485. The largest absolute Gasteiger partial charge is 0.418 e. The molecular formula is C24H16F6N2O2. The number of rotatable bonds is 4. The van der Waals surface area contributed by atoms with Crippen molar-refractivity contribution in [2.75, 3.05) is 0 Å². The predicted molar refractivity (Wildman–Crippen MR) is 109 cm³/mol. The number of halogens is 6. The number of nitrogens with zero attached hydrogens (tertiary/aromatic N) is 1. The van der Waals surface area contributed by atoms with E-state index in [2.05, 4.69) is 10.3 Å². The third kappa shape index (κ3) is 4.66. The van der Waals surface area contributed by atoms with E-state index in [1.165, 1.54) is 12.1 Å². The lowest BCUT2D eigenvalue weighted by atomic mass is 9.97. The summed E-state index contributed by atoms with van der Waals surface area (Å²) < 4.78 is 79.9. The third-order valence-corrected chi connectivity index (χ3v) is 5.56. The van der Waals surface area contributed by atoms with Crippen LogP contribution in [0.15, 0.2) is 60.8 Å². The second-order valence-electron chi connectivity index (χ2n) is 7.76. The summed E-state index contributed by atoms with van der Waals surface area (Å²) in [6, 6.07) is 8.19. The molecule has 2 aromatic carbocycles. The average Bonchev–Trinajstić information content (AvgIpc) is 3.16. The maximum atomic E-state index is 13.7. The highest BCUT2D eigenvalue weighted by molar-refractivity contribution is 6.03. The van der Waals surface area contributed by atoms with Gasteiger partial charge in [0.25, 0.3) is 5.91 Å². The van der Waals surface area contributed by atoms with E-state index < -0.39 is 41.1 Å². The number of pyridine rings is 1. The molecule has 1 aromatic heterocycles. The van der Waals surface area contributed by atoms with Crippen LogP contribution in [0.1, 0.15) is 61.1 Å². The van der Waals surface area contributed by atoms with E-state index in [4.69, 9.17) is 0 Å². The first-order valence-electron chi connectivity index (χ1n) is 10.1. The molecule has 0 bridgehead atoms. The van der Waals surface area contributed by atoms with Gasteiger partial charge in [0.2, 0.25) is 0 Å². The minimum Gasteiger partial charge on any atom is -0.340 e. The highest BCUT2D eigenvalue weighted by Crippen LogP contribution is 2.37. The molecule has 10 heteroatoms. The van der Waals surface area contributed by atoms with Crippen LogP contribution in [0.4, 0.5) is 26.3 Å². The van der Waals surface area contributed by atoms with Crippen LogP contribution in [-0.2, 0) is 18.8 Å². The lowest BCUT2D eigenvalue weighted by Gasteiger charge is -2.23. The molecule has 4 rings (SSSR count). The minimum absolute atomic E-state index is 0.0252. The number of aromatic nitrogens is 1. The maximum absolute atomic E-state index is 13.7. The summed E-state index contributed by atoms with van der Waals surface area (Å²) in [7, 11) is 0. The van der Waals surface area contributed by atoms with Crippen LogP contribution in [0, 0.1) is 0 Å². The maximum Gasteiger partial charge on any atom is 0.418 e. The number of nitrogens with one attached hydrogen (secondary N) is 1. The van der Waals surface area contributed by atoms with Crippen molar-refractivity contribution < 1.29 is 35.9 Å². The van der Waals surface area contributed by atoms with Gasteiger partial charge in [-0.1, -0.05) is 18.2 Å². The Morgan fingerprint density at radius 1 is 0.912 bits per heavy atom. The number of Topliss-reactive ketones (excluding diaryl/α,β-unsaturated/α-hetero) is 1. The number of alkyl halides is 6. The molecule has 0 saturated carbocycles. The van der Waals surface area contributed by atoms with E-state index in [1.54, 1.807) is 6.07 Å². The molecule has 1 amide bonds. The molecule has 1 heterocycles. The second-order valence-corrected chi connectivity index (χ2v) is 7.76. The van der Waals surface area contributed by atoms with Crippen LogP contribution in [0.3, 0.4) is 0 Å². The molecule has 4 nitrogen and oxygen atoms in total. The van der Waals surface area contributed by atoms with Crippen LogP contribution in [0.2, 0.25) is 0 Å². The fourth-order valence-electron chi connectivity index (χ4n) is 3.85. The van der Waals surface area contributed by atoms with Crippen LogP contribution < -0.4 is 5.32 Å². The smallest absolute Gasteiger partial charge is 0.340 e. The highest BCUT2D eigenvalue weighted by atomic mass is 19.4. The molecule has 1 N–H and O–H groups in total. The number of hydrogen-bond acceptors (Lipinski definition) is 3. The van der Waals surface area contributed by atoms with E-state index in [-0.39, 0.29) is 16.9 Å². The first-order chi connectivity index (χ1) is 15.9. The molecule has 3 aromatic rings. The van der Waals surface area contributed by atoms with Gasteiger partial charge in [0.15, 0.2) is 5.78 Å². The predicted octanol–water partition coefficient (Wildman–Crippen LogP) is 5.77. The highest BCUT2D eigenvalue weighted by Gasteiger charge is 2.37. The second kappa shape index (κ2) is 8.58. The van der Waals surface area contributed by atoms with E-state index >= 15 is 0 Å². The zero-order valence-corrected chi connectivity index (χ0v) is 17.3. The van der Waals surface area contributed by atoms with Crippen LogP contribution >= 0.6 is 0 Å². The summed E-state index contributed by atoms with van der Waals surface area (Å²) in [5, 5.41) is 2.45. The Kier molecular flexibility index (Phi) is 5.93. The fourth-order valence-corrected chi connectivity index (χ4v) is 3.85. The molecule has 1 aliphatic rings. The molecule has 0 radical (unpaired) electrons. The van der Waals surface area contributed by atoms with Crippen LogP contribution in [0.25, 0.3) is 0 Å². The molecule has 34 heavy (non-hydrogen) atoms. The Morgan fingerprint density at radius 2 is 1.62 bits per heavy atom. The average molecular weight is 478 g/mol. The van der Waals surface area contributed by atoms with Gasteiger partial charge in [-0.05, 0) is 53.9 Å². The van der Waals surface area contributed by atoms with Gasteiger partial charge in [0.1, 0.15) is 0 Å². The molecule has 1 aliphatic carbocycles. The van der Waals surface area contributed by atoms with Crippen molar-refractivity contribution in [1.29, 1.82) is 0 Å². The number of amides is 1. The summed E-state index contributed by atoms with van der Waals surface area (Å²) in [6.45, 7) is 0. The van der Waals surface area contributed by atoms with Crippen LogP contribution in [-0.4, -0.2) is 16.7 Å². The number of carbonyl (C=O) groups is 2. The van der Waals surface area contributed by atoms with Gasteiger partial charge in [0.05, 0.1) is 22.9 Å². The van der Waals surface area contributed by atoms with Crippen molar-refractivity contribution in [3.8, 4) is 0 Å². The summed E-state index contributed by atoms with van der Waals surface area (Å²) in [5.74, 6) is -0.945. The molecule has 0 spiro atoms. The lowest BCUT2D eigenvalue weighted by Crippen LogP contribution is -2.32. The Hall–Kier alpha value is -3.69. The van der Waals surface area contributed by atoms with Crippen LogP contribution in [0.5, 0.6) is 0 Å². The summed E-state index contributed by atoms with van der Waals surface area (Å²) in [4.78, 5) is 28.8. The molecule has 0 aliphatic heterocycles. The van der Waals surface area contributed by atoms with Gasteiger partial charge in [-0.2, -0.15) is 26.3 Å².